The molecule has 21 heavy (non-hydrogen) atoms. The van der Waals surface area contributed by atoms with Crippen molar-refractivity contribution in [1.82, 2.24) is 9.80 Å². The minimum absolute atomic E-state index is 0.0454. The van der Waals surface area contributed by atoms with Crippen molar-refractivity contribution in [2.75, 3.05) is 39.8 Å². The molecule has 0 radical (unpaired) electrons. The van der Waals surface area contributed by atoms with E-state index in [1.165, 1.54) is 7.11 Å². The molecule has 0 saturated carbocycles. The molecular formula is C14H16BrClN2O3. The Morgan fingerprint density at radius 3 is 2.48 bits per heavy atom. The Labute approximate surface area is 136 Å². The summed E-state index contributed by atoms with van der Waals surface area (Å²) in [6.45, 7) is 2.74. The molecule has 1 aromatic carbocycles. The van der Waals surface area contributed by atoms with Gasteiger partial charge in [-0.1, -0.05) is 27.5 Å². The second-order valence-electron chi connectivity index (χ2n) is 4.80. The maximum Gasteiger partial charge on any atom is 0.319 e. The third-order valence-electron chi connectivity index (χ3n) is 3.35. The summed E-state index contributed by atoms with van der Waals surface area (Å²) in [5.74, 6) is -0.301. The van der Waals surface area contributed by atoms with Crippen LogP contribution in [0.2, 0.25) is 5.02 Å². The predicted molar refractivity (Wildman–Crippen MR) is 83.5 cm³/mol. The molecule has 1 amide bonds. The van der Waals surface area contributed by atoms with Crippen LogP contribution in [-0.2, 0) is 9.53 Å². The van der Waals surface area contributed by atoms with Crippen LogP contribution in [0.1, 0.15) is 10.4 Å². The highest BCUT2D eigenvalue weighted by atomic mass is 79.9. The molecule has 5 nitrogen and oxygen atoms in total. The highest BCUT2D eigenvalue weighted by Crippen LogP contribution is 2.21. The summed E-state index contributed by atoms with van der Waals surface area (Å²) in [5.41, 5.74) is 0.566. The van der Waals surface area contributed by atoms with E-state index in [1.54, 1.807) is 23.1 Å². The molecule has 7 heteroatoms. The third-order valence-corrected chi connectivity index (χ3v) is 4.03. The highest BCUT2D eigenvalue weighted by molar-refractivity contribution is 9.10. The molecule has 114 valence electrons. The molecule has 0 N–H and O–H groups in total. The first-order valence-electron chi connectivity index (χ1n) is 6.54. The molecular weight excluding hydrogens is 360 g/mol. The van der Waals surface area contributed by atoms with Crippen LogP contribution < -0.4 is 0 Å². The fourth-order valence-electron chi connectivity index (χ4n) is 2.22. The normalized spacial score (nSPS) is 15.9. The lowest BCUT2D eigenvalue weighted by atomic mass is 10.2. The van der Waals surface area contributed by atoms with Gasteiger partial charge >= 0.3 is 5.97 Å². The number of hydrogen-bond acceptors (Lipinski definition) is 4. The Kier molecular flexibility index (Phi) is 5.61. The molecule has 1 saturated heterocycles. The minimum atomic E-state index is -0.256. The Bertz CT molecular complexity index is 525. The lowest BCUT2D eigenvalue weighted by Crippen LogP contribution is -2.50. The SMILES string of the molecule is COC(=O)CN1CCN(C(=O)c2cc(Cl)cc(Br)c2)CC1. The average molecular weight is 376 g/mol. The molecule has 0 atom stereocenters. The smallest absolute Gasteiger partial charge is 0.319 e. The molecule has 1 heterocycles. The summed E-state index contributed by atoms with van der Waals surface area (Å²) in [4.78, 5) is 27.4. The van der Waals surface area contributed by atoms with Crippen LogP contribution in [0.3, 0.4) is 0 Å². The van der Waals surface area contributed by atoms with Gasteiger partial charge in [-0.15, -0.1) is 0 Å². The number of nitrogens with zero attached hydrogens (tertiary/aromatic N) is 2. The fourth-order valence-corrected chi connectivity index (χ4v) is 3.08. The van der Waals surface area contributed by atoms with Crippen molar-refractivity contribution in [3.8, 4) is 0 Å². The maximum atomic E-state index is 12.4. The summed E-state index contributed by atoms with van der Waals surface area (Å²) in [5, 5.41) is 0.525. The van der Waals surface area contributed by atoms with Crippen molar-refractivity contribution >= 4 is 39.4 Å². The Balaban J connectivity index is 1.95. The minimum Gasteiger partial charge on any atom is -0.468 e. The largest absolute Gasteiger partial charge is 0.468 e. The lowest BCUT2D eigenvalue weighted by molar-refractivity contribution is -0.142. The summed E-state index contributed by atoms with van der Waals surface area (Å²) >= 11 is 9.30. The van der Waals surface area contributed by atoms with E-state index in [2.05, 4.69) is 20.7 Å². The lowest BCUT2D eigenvalue weighted by Gasteiger charge is -2.34. The molecule has 1 fully saturated rings. The van der Waals surface area contributed by atoms with E-state index in [0.29, 0.717) is 36.8 Å². The molecule has 0 aliphatic carbocycles. The summed E-state index contributed by atoms with van der Waals surface area (Å²) in [7, 11) is 1.37. The first-order valence-corrected chi connectivity index (χ1v) is 7.71. The molecule has 0 unspecified atom stereocenters. The van der Waals surface area contributed by atoms with Crippen LogP contribution in [0.4, 0.5) is 0 Å². The summed E-state index contributed by atoms with van der Waals surface area (Å²) in [6.07, 6.45) is 0. The van der Waals surface area contributed by atoms with E-state index in [9.17, 15) is 9.59 Å². The van der Waals surface area contributed by atoms with Gasteiger partial charge in [0.2, 0.25) is 0 Å². The van der Waals surface area contributed by atoms with Crippen molar-refractivity contribution in [2.45, 2.75) is 0 Å². The zero-order valence-corrected chi connectivity index (χ0v) is 14.0. The maximum absolute atomic E-state index is 12.4. The zero-order valence-electron chi connectivity index (χ0n) is 11.6. The number of carbonyl (C=O) groups excluding carboxylic acids is 2. The van der Waals surface area contributed by atoms with Crippen LogP contribution in [0, 0.1) is 0 Å². The highest BCUT2D eigenvalue weighted by Gasteiger charge is 2.23. The Hall–Kier alpha value is -1.11. The van der Waals surface area contributed by atoms with Gasteiger partial charge in [0.15, 0.2) is 0 Å². The number of esters is 1. The molecule has 1 aliphatic rings. The van der Waals surface area contributed by atoms with Gasteiger partial charge in [-0.25, -0.2) is 0 Å². The number of halogens is 2. The van der Waals surface area contributed by atoms with E-state index in [1.807, 2.05) is 4.90 Å². The number of carbonyl (C=O) groups is 2. The monoisotopic (exact) mass is 374 g/mol. The van der Waals surface area contributed by atoms with Crippen LogP contribution in [-0.4, -0.2) is 61.5 Å². The zero-order chi connectivity index (χ0) is 15.4. The van der Waals surface area contributed by atoms with Gasteiger partial charge in [-0.2, -0.15) is 0 Å². The average Bonchev–Trinajstić information content (AvgIpc) is 2.46. The predicted octanol–water partition coefficient (Wildman–Crippen LogP) is 2.03. The first-order chi connectivity index (χ1) is 9.99. The van der Waals surface area contributed by atoms with Crippen LogP contribution in [0.15, 0.2) is 22.7 Å². The third kappa shape index (κ3) is 4.43. The van der Waals surface area contributed by atoms with Crippen LogP contribution in [0.25, 0.3) is 0 Å². The van der Waals surface area contributed by atoms with Gasteiger partial charge in [0.25, 0.3) is 5.91 Å². The van der Waals surface area contributed by atoms with Gasteiger partial charge in [-0.3, -0.25) is 14.5 Å². The van der Waals surface area contributed by atoms with Crippen molar-refractivity contribution in [3.63, 3.8) is 0 Å². The quantitative estimate of drug-likeness (QED) is 0.759. The van der Waals surface area contributed by atoms with E-state index in [4.69, 9.17) is 11.6 Å². The van der Waals surface area contributed by atoms with Crippen LogP contribution in [0.5, 0.6) is 0 Å². The molecule has 0 spiro atoms. The molecule has 0 aromatic heterocycles. The molecule has 1 aliphatic heterocycles. The standard InChI is InChI=1S/C14H16BrClN2O3/c1-21-13(19)9-17-2-4-18(5-3-17)14(20)10-6-11(15)8-12(16)7-10/h6-8H,2-5,9H2,1H3. The molecule has 0 bridgehead atoms. The van der Waals surface area contributed by atoms with Gasteiger partial charge in [0.1, 0.15) is 0 Å². The fraction of sp³-hybridized carbons (Fsp3) is 0.429. The van der Waals surface area contributed by atoms with Crippen LogP contribution >= 0.6 is 27.5 Å². The first kappa shape index (κ1) is 16.3. The second kappa shape index (κ2) is 7.24. The van der Waals surface area contributed by atoms with Gasteiger partial charge in [0, 0.05) is 41.2 Å². The van der Waals surface area contributed by atoms with Crippen molar-refractivity contribution in [3.05, 3.63) is 33.3 Å². The number of methoxy groups -OCH3 is 1. The second-order valence-corrected chi connectivity index (χ2v) is 6.15. The molecule has 2 rings (SSSR count). The van der Waals surface area contributed by atoms with E-state index in [-0.39, 0.29) is 18.4 Å². The van der Waals surface area contributed by atoms with Crippen molar-refractivity contribution in [1.29, 1.82) is 0 Å². The van der Waals surface area contributed by atoms with Gasteiger partial charge in [0.05, 0.1) is 13.7 Å². The molecule has 1 aromatic rings. The van der Waals surface area contributed by atoms with Gasteiger partial charge in [-0.05, 0) is 18.2 Å². The van der Waals surface area contributed by atoms with Crippen molar-refractivity contribution < 1.29 is 14.3 Å². The van der Waals surface area contributed by atoms with E-state index >= 15 is 0 Å². The van der Waals surface area contributed by atoms with E-state index < -0.39 is 0 Å². The van der Waals surface area contributed by atoms with Crippen molar-refractivity contribution in [2.24, 2.45) is 0 Å². The number of ether oxygens (including phenoxy) is 1. The van der Waals surface area contributed by atoms with E-state index in [0.717, 1.165) is 4.47 Å². The Morgan fingerprint density at radius 2 is 1.90 bits per heavy atom. The number of amides is 1. The summed E-state index contributed by atoms with van der Waals surface area (Å²) < 4.78 is 5.42. The number of hydrogen-bond donors (Lipinski definition) is 0. The number of piperazine rings is 1. The Morgan fingerprint density at radius 1 is 1.24 bits per heavy atom. The summed E-state index contributed by atoms with van der Waals surface area (Å²) in [6, 6.07) is 5.16. The topological polar surface area (TPSA) is 49.9 Å². The number of rotatable bonds is 3. The van der Waals surface area contributed by atoms with Gasteiger partial charge < -0.3 is 9.64 Å². The number of benzene rings is 1.